The number of esters is 1. The zero-order valence-corrected chi connectivity index (χ0v) is 30.4. The number of carbonyl (C=O) groups is 2. The van der Waals surface area contributed by atoms with E-state index in [1.165, 1.54) is 14.2 Å². The van der Waals surface area contributed by atoms with Crippen molar-refractivity contribution in [2.24, 2.45) is 28.6 Å². The number of hydrogen-bond acceptors (Lipinski definition) is 15. The third-order valence-corrected chi connectivity index (χ3v) is 14.6. The highest BCUT2D eigenvalue weighted by Crippen LogP contribution is 2.70. The van der Waals surface area contributed by atoms with Crippen molar-refractivity contribution in [1.29, 1.82) is 0 Å². The van der Waals surface area contributed by atoms with E-state index < -0.39 is 89.5 Å². The average Bonchev–Trinajstić information content (AvgIpc) is 3.67. The predicted octanol–water partition coefficient (Wildman–Crippen LogP) is -0.118. The van der Waals surface area contributed by atoms with Crippen molar-refractivity contribution in [3.05, 3.63) is 11.6 Å². The minimum Gasteiger partial charge on any atom is -0.458 e. The number of carbonyl (C=O) groups excluding carboxylic acids is 2. The minimum atomic E-state index is -1.64. The molecule has 7 rings (SSSR count). The Kier molecular flexibility index (Phi) is 10.5. The van der Waals surface area contributed by atoms with Crippen molar-refractivity contribution < 1.29 is 73.4 Å². The number of aliphatic hydroxyl groups is 6. The molecule has 0 spiro atoms. The molecule has 18 unspecified atom stereocenters. The van der Waals surface area contributed by atoms with Crippen molar-refractivity contribution in [3.8, 4) is 0 Å². The summed E-state index contributed by atoms with van der Waals surface area (Å²) in [6, 6.07) is 0. The van der Waals surface area contributed by atoms with E-state index in [9.17, 15) is 40.2 Å². The Morgan fingerprint density at radius 2 is 1.60 bits per heavy atom. The van der Waals surface area contributed by atoms with E-state index >= 15 is 0 Å². The normalized spacial score (nSPS) is 53.3. The molecule has 3 heterocycles. The summed E-state index contributed by atoms with van der Waals surface area (Å²) in [5, 5.41) is 67.9. The molecule has 4 saturated carbocycles. The van der Waals surface area contributed by atoms with Crippen LogP contribution >= 0.6 is 0 Å². The molecule has 6 N–H and O–H groups in total. The monoisotopic (exact) mass is 740 g/mol. The molecular weight excluding hydrogens is 684 g/mol. The summed E-state index contributed by atoms with van der Waals surface area (Å²) in [6.07, 6.45) is -5.65. The van der Waals surface area contributed by atoms with Crippen molar-refractivity contribution >= 4 is 12.3 Å². The van der Waals surface area contributed by atoms with Crippen LogP contribution in [0.4, 0.5) is 0 Å². The first kappa shape index (κ1) is 38.7. The van der Waals surface area contributed by atoms with Crippen LogP contribution in [0, 0.1) is 28.6 Å². The number of fused-ring (bicyclic) bond motifs is 5. The zero-order chi connectivity index (χ0) is 37.4. The fraction of sp³-hybridized carbons (Fsp3) is 0.892. The molecule has 0 aromatic rings. The summed E-state index contributed by atoms with van der Waals surface area (Å²) in [5.74, 6) is -0.820. The van der Waals surface area contributed by atoms with Gasteiger partial charge in [-0.25, -0.2) is 4.79 Å². The van der Waals surface area contributed by atoms with Crippen LogP contribution in [-0.2, 0) is 42.7 Å². The molecular formula is C37H56O15. The topological polar surface area (TPSA) is 220 Å². The molecule has 4 aliphatic carbocycles. The molecule has 0 aromatic heterocycles. The highest BCUT2D eigenvalue weighted by molar-refractivity contribution is 5.85. The van der Waals surface area contributed by atoms with Crippen LogP contribution in [0.2, 0.25) is 0 Å². The SMILES string of the molecule is COC1C(OCC2OC(OC3CCC4(C=O)C5CCC6(C)C(C7=CC(=O)OC7)CCC6(O)C5CCC4(O)C3)C(O)C(O)C2O)OC(C)C(O)C1OC. The highest BCUT2D eigenvalue weighted by atomic mass is 16.7. The van der Waals surface area contributed by atoms with E-state index in [1.54, 1.807) is 13.0 Å². The molecule has 2 saturated heterocycles. The molecule has 0 bridgehead atoms. The Hall–Kier alpha value is -1.60. The van der Waals surface area contributed by atoms with Crippen molar-refractivity contribution in [3.63, 3.8) is 0 Å². The molecule has 52 heavy (non-hydrogen) atoms. The standard InChI is InChI=1S/C37H56O15/c1-18-26(40)30(46-3)31(47-4)33(50-18)49-16-24-27(41)28(42)29(43)32(52-24)51-20-5-10-35(17-38)22-6-9-34(2)21(19-13-25(39)48-15-19)8-12-37(34,45)23(22)7-11-36(35,44)14-20/h13,17-18,20-24,26-33,40-45H,5-12,14-16H2,1-4H3. The lowest BCUT2D eigenvalue weighted by Crippen LogP contribution is -2.69. The Bertz CT molecular complexity index is 1380. The Balaban J connectivity index is 1.03. The van der Waals surface area contributed by atoms with Gasteiger partial charge in [-0.2, -0.15) is 0 Å². The molecule has 0 aromatic carbocycles. The van der Waals surface area contributed by atoms with Crippen LogP contribution < -0.4 is 0 Å². The molecule has 0 radical (unpaired) electrons. The van der Waals surface area contributed by atoms with Crippen LogP contribution in [0.5, 0.6) is 0 Å². The van der Waals surface area contributed by atoms with Gasteiger partial charge in [0, 0.05) is 32.1 Å². The summed E-state index contributed by atoms with van der Waals surface area (Å²) in [5.41, 5.74) is -3.20. The fourth-order valence-corrected chi connectivity index (χ4v) is 11.6. The van der Waals surface area contributed by atoms with Crippen LogP contribution in [0.1, 0.15) is 71.6 Å². The van der Waals surface area contributed by atoms with Gasteiger partial charge >= 0.3 is 5.97 Å². The van der Waals surface area contributed by atoms with E-state index in [0.717, 1.165) is 18.3 Å². The molecule has 294 valence electrons. The average molecular weight is 741 g/mol. The maximum atomic E-state index is 13.2. The second-order valence-electron chi connectivity index (χ2n) is 16.7. The predicted molar refractivity (Wildman–Crippen MR) is 177 cm³/mol. The van der Waals surface area contributed by atoms with Gasteiger partial charge in [-0.05, 0) is 81.6 Å². The molecule has 15 nitrogen and oxygen atoms in total. The quantitative estimate of drug-likeness (QED) is 0.103. The first-order valence-electron chi connectivity index (χ1n) is 18.8. The van der Waals surface area contributed by atoms with Crippen molar-refractivity contribution in [1.82, 2.24) is 0 Å². The van der Waals surface area contributed by atoms with Crippen molar-refractivity contribution in [2.75, 3.05) is 27.4 Å². The van der Waals surface area contributed by atoms with E-state index in [2.05, 4.69) is 6.92 Å². The lowest BCUT2D eigenvalue weighted by atomic mass is 9.41. The van der Waals surface area contributed by atoms with Crippen LogP contribution in [0.3, 0.4) is 0 Å². The van der Waals surface area contributed by atoms with Gasteiger partial charge in [0.25, 0.3) is 0 Å². The largest absolute Gasteiger partial charge is 0.458 e. The number of aldehydes is 1. The third kappa shape index (κ3) is 5.84. The summed E-state index contributed by atoms with van der Waals surface area (Å²) >= 11 is 0. The van der Waals surface area contributed by atoms with Gasteiger partial charge < -0.3 is 68.6 Å². The molecule has 7 aliphatic rings. The third-order valence-electron chi connectivity index (χ3n) is 14.6. The van der Waals surface area contributed by atoms with E-state index in [-0.39, 0.29) is 49.8 Å². The van der Waals surface area contributed by atoms with E-state index in [0.29, 0.717) is 38.5 Å². The lowest BCUT2D eigenvalue weighted by Gasteiger charge is -2.65. The maximum absolute atomic E-state index is 13.2. The van der Waals surface area contributed by atoms with Gasteiger partial charge in [0.05, 0.1) is 35.4 Å². The van der Waals surface area contributed by atoms with E-state index in [4.69, 9.17) is 33.2 Å². The minimum absolute atomic E-state index is 0.00220. The number of rotatable bonds is 9. The van der Waals surface area contributed by atoms with Gasteiger partial charge in [0.2, 0.25) is 0 Å². The molecule has 18 atom stereocenters. The summed E-state index contributed by atoms with van der Waals surface area (Å²) in [6.45, 7) is 3.71. The molecule has 15 heteroatoms. The highest BCUT2D eigenvalue weighted by Gasteiger charge is 2.71. The zero-order valence-electron chi connectivity index (χ0n) is 30.4. The lowest BCUT2D eigenvalue weighted by molar-refractivity contribution is -0.341. The van der Waals surface area contributed by atoms with Gasteiger partial charge in [0.15, 0.2) is 12.6 Å². The summed E-state index contributed by atoms with van der Waals surface area (Å²) in [4.78, 5) is 25.1. The van der Waals surface area contributed by atoms with Gasteiger partial charge in [0.1, 0.15) is 55.6 Å². The van der Waals surface area contributed by atoms with Crippen LogP contribution in [-0.4, -0.2) is 149 Å². The molecule has 6 fully saturated rings. The smallest absolute Gasteiger partial charge is 0.331 e. The Morgan fingerprint density at radius 1 is 0.865 bits per heavy atom. The maximum Gasteiger partial charge on any atom is 0.331 e. The molecule has 0 amide bonds. The van der Waals surface area contributed by atoms with Crippen molar-refractivity contribution in [2.45, 2.75) is 150 Å². The number of aliphatic hydroxyl groups excluding tert-OH is 4. The fourth-order valence-electron chi connectivity index (χ4n) is 11.6. The Morgan fingerprint density at radius 3 is 2.27 bits per heavy atom. The first-order chi connectivity index (χ1) is 24.7. The van der Waals surface area contributed by atoms with Gasteiger partial charge in [-0.15, -0.1) is 0 Å². The number of cyclic esters (lactones) is 1. The first-order valence-corrected chi connectivity index (χ1v) is 18.8. The molecule has 3 aliphatic heterocycles. The number of ether oxygens (including phenoxy) is 7. The van der Waals surface area contributed by atoms with E-state index in [1.807, 2.05) is 0 Å². The second-order valence-corrected chi connectivity index (χ2v) is 16.7. The van der Waals surface area contributed by atoms with Gasteiger partial charge in [-0.1, -0.05) is 6.92 Å². The second kappa shape index (κ2) is 14.2. The van der Waals surface area contributed by atoms with Crippen LogP contribution in [0.25, 0.3) is 0 Å². The van der Waals surface area contributed by atoms with Gasteiger partial charge in [-0.3, -0.25) is 0 Å². The van der Waals surface area contributed by atoms with Crippen LogP contribution in [0.15, 0.2) is 11.6 Å². The summed E-state index contributed by atoms with van der Waals surface area (Å²) < 4.78 is 40.1. The number of hydrogen-bond donors (Lipinski definition) is 6. The Labute approximate surface area is 303 Å². The number of methoxy groups -OCH3 is 2. The summed E-state index contributed by atoms with van der Waals surface area (Å²) in [7, 11) is 2.86.